The van der Waals surface area contributed by atoms with Gasteiger partial charge < -0.3 is 5.32 Å². The van der Waals surface area contributed by atoms with Crippen molar-refractivity contribution in [2.75, 3.05) is 11.9 Å². The summed E-state index contributed by atoms with van der Waals surface area (Å²) in [5, 5.41) is 2.91. The van der Waals surface area contributed by atoms with Crippen molar-refractivity contribution < 1.29 is 14.4 Å². The van der Waals surface area contributed by atoms with E-state index in [-0.39, 0.29) is 47.9 Å². The third-order valence-corrected chi connectivity index (χ3v) is 9.68. The van der Waals surface area contributed by atoms with Gasteiger partial charge in [0, 0.05) is 5.69 Å². The second-order valence-electron chi connectivity index (χ2n) is 11.6. The molecule has 1 aliphatic heterocycles. The molecule has 1 saturated heterocycles. The number of anilines is 1. The predicted molar refractivity (Wildman–Crippen MR) is 119 cm³/mol. The van der Waals surface area contributed by atoms with Crippen LogP contribution in [0.25, 0.3) is 0 Å². The number of rotatable bonds is 4. The van der Waals surface area contributed by atoms with Crippen LogP contribution in [0.5, 0.6) is 0 Å². The first-order valence-corrected chi connectivity index (χ1v) is 12.4. The van der Waals surface area contributed by atoms with Crippen LogP contribution in [-0.4, -0.2) is 29.2 Å². The molecule has 32 heavy (non-hydrogen) atoms. The Morgan fingerprint density at radius 1 is 0.844 bits per heavy atom. The average Bonchev–Trinajstić information content (AvgIpc) is 3.43. The van der Waals surface area contributed by atoms with Crippen molar-refractivity contribution in [2.45, 2.75) is 50.4 Å². The number of amides is 3. The van der Waals surface area contributed by atoms with Gasteiger partial charge in [0.1, 0.15) is 6.54 Å². The fraction of sp³-hybridized carbons (Fsp3) is 0.593. The van der Waals surface area contributed by atoms with E-state index in [2.05, 4.69) is 29.6 Å². The first-order chi connectivity index (χ1) is 15.5. The lowest BCUT2D eigenvalue weighted by molar-refractivity contribution is -0.143. The Bertz CT molecular complexity index is 976. The van der Waals surface area contributed by atoms with Gasteiger partial charge in [-0.2, -0.15) is 0 Å². The fourth-order valence-corrected chi connectivity index (χ4v) is 8.84. The summed E-state index contributed by atoms with van der Waals surface area (Å²) < 4.78 is 0. The van der Waals surface area contributed by atoms with Crippen LogP contribution in [0.1, 0.15) is 50.5 Å². The van der Waals surface area contributed by atoms with Gasteiger partial charge in [-0.1, -0.05) is 24.3 Å². The number of nitrogens with one attached hydrogen (secondary N) is 1. The summed E-state index contributed by atoms with van der Waals surface area (Å²) in [6.07, 6.45) is 13.3. The number of hydrogen-bond acceptors (Lipinski definition) is 3. The normalized spacial score (nSPS) is 42.8. The maximum absolute atomic E-state index is 12.8. The van der Waals surface area contributed by atoms with Crippen molar-refractivity contribution in [3.63, 3.8) is 0 Å². The zero-order chi connectivity index (χ0) is 21.6. The summed E-state index contributed by atoms with van der Waals surface area (Å²) in [6.45, 7) is -0.180. The van der Waals surface area contributed by atoms with Crippen molar-refractivity contribution in [2.24, 2.45) is 41.4 Å². The number of fused-ring (bicyclic) bond motifs is 5. The highest BCUT2D eigenvalue weighted by atomic mass is 16.2. The van der Waals surface area contributed by atoms with E-state index in [1.54, 1.807) is 0 Å². The van der Waals surface area contributed by atoms with Crippen molar-refractivity contribution in [3.05, 3.63) is 42.0 Å². The number of allylic oxidation sites excluding steroid dienone is 2. The Balaban J connectivity index is 1.03. The standard InChI is InChI=1S/C27H30N2O3/c30-22(14-29-25(31)23-18-1-2-19(10-18)24(23)26(29)32)28-21-5-3-20(4-6-21)27-11-15-7-16(12-27)9-17(8-15)13-27/h1-6,15-19,23-24H,7-14H2,(H,28,30). The SMILES string of the molecule is O=C(CN1C(=O)C2C3C=CC(C3)C2C1=O)Nc1ccc(C23CC4CC(CC(C4)C2)C3)cc1. The van der Waals surface area contributed by atoms with Crippen molar-refractivity contribution in [3.8, 4) is 0 Å². The van der Waals surface area contributed by atoms with E-state index in [4.69, 9.17) is 0 Å². The van der Waals surface area contributed by atoms with Gasteiger partial charge in [-0.05, 0) is 97.6 Å². The third-order valence-electron chi connectivity index (χ3n) is 9.68. The molecule has 0 radical (unpaired) electrons. The zero-order valence-corrected chi connectivity index (χ0v) is 18.3. The van der Waals surface area contributed by atoms with Gasteiger partial charge in [0.2, 0.25) is 17.7 Å². The molecule has 8 rings (SSSR count). The van der Waals surface area contributed by atoms with E-state index in [1.165, 1.54) is 49.0 Å². The fourth-order valence-electron chi connectivity index (χ4n) is 8.84. The maximum Gasteiger partial charge on any atom is 0.244 e. The molecule has 0 spiro atoms. The number of benzene rings is 1. The van der Waals surface area contributed by atoms with Gasteiger partial charge in [-0.25, -0.2) is 0 Å². The van der Waals surface area contributed by atoms with Gasteiger partial charge in [-0.15, -0.1) is 0 Å². The Kier molecular flexibility index (Phi) is 3.91. The molecule has 1 aromatic rings. The summed E-state index contributed by atoms with van der Waals surface area (Å²) in [5.41, 5.74) is 2.51. The second-order valence-corrected chi connectivity index (χ2v) is 11.6. The van der Waals surface area contributed by atoms with E-state index in [0.29, 0.717) is 5.41 Å². The highest BCUT2D eigenvalue weighted by Gasteiger charge is 2.59. The van der Waals surface area contributed by atoms with Crippen LogP contribution in [0.4, 0.5) is 5.69 Å². The van der Waals surface area contributed by atoms with Crippen LogP contribution in [0.2, 0.25) is 0 Å². The molecule has 5 heteroatoms. The molecule has 4 atom stereocenters. The Hall–Kier alpha value is -2.43. The topological polar surface area (TPSA) is 66.5 Å². The average molecular weight is 431 g/mol. The summed E-state index contributed by atoms with van der Waals surface area (Å²) in [6, 6.07) is 8.39. The molecule has 5 nitrogen and oxygen atoms in total. The highest BCUT2D eigenvalue weighted by molar-refractivity contribution is 6.09. The smallest absolute Gasteiger partial charge is 0.244 e. The van der Waals surface area contributed by atoms with Crippen LogP contribution >= 0.6 is 0 Å². The number of carbonyl (C=O) groups is 3. The molecule has 166 valence electrons. The van der Waals surface area contributed by atoms with Crippen molar-refractivity contribution in [1.82, 2.24) is 4.90 Å². The number of nitrogens with zero attached hydrogens (tertiary/aromatic N) is 1. The van der Waals surface area contributed by atoms with E-state index in [0.717, 1.165) is 29.9 Å². The molecule has 1 aromatic carbocycles. The summed E-state index contributed by atoms with van der Waals surface area (Å²) in [4.78, 5) is 39.5. The lowest BCUT2D eigenvalue weighted by Crippen LogP contribution is -2.48. The molecular formula is C27H30N2O3. The molecule has 6 aliphatic carbocycles. The van der Waals surface area contributed by atoms with Crippen molar-refractivity contribution >= 4 is 23.4 Å². The minimum absolute atomic E-state index is 0.163. The van der Waals surface area contributed by atoms with Gasteiger partial charge in [0.15, 0.2) is 0 Å². The molecule has 5 saturated carbocycles. The lowest BCUT2D eigenvalue weighted by Gasteiger charge is -2.57. The second kappa shape index (κ2) is 6.55. The number of imide groups is 1. The maximum atomic E-state index is 12.8. The minimum Gasteiger partial charge on any atom is -0.325 e. The zero-order valence-electron chi connectivity index (χ0n) is 18.3. The molecular weight excluding hydrogens is 400 g/mol. The molecule has 1 N–H and O–H groups in total. The van der Waals surface area contributed by atoms with Gasteiger partial charge in [0.05, 0.1) is 11.8 Å². The highest BCUT2D eigenvalue weighted by Crippen LogP contribution is 2.60. The quantitative estimate of drug-likeness (QED) is 0.582. The van der Waals surface area contributed by atoms with Crippen LogP contribution in [-0.2, 0) is 19.8 Å². The molecule has 3 amide bonds. The Morgan fingerprint density at radius 3 is 1.91 bits per heavy atom. The first-order valence-electron chi connectivity index (χ1n) is 12.4. The number of hydrogen-bond donors (Lipinski definition) is 1. The summed E-state index contributed by atoms with van der Waals surface area (Å²) >= 11 is 0. The summed E-state index contributed by atoms with van der Waals surface area (Å²) in [7, 11) is 0. The van der Waals surface area contributed by atoms with Gasteiger partial charge in [0.25, 0.3) is 0 Å². The van der Waals surface area contributed by atoms with Crippen LogP contribution in [0.15, 0.2) is 36.4 Å². The summed E-state index contributed by atoms with van der Waals surface area (Å²) in [5.74, 6) is 1.94. The van der Waals surface area contributed by atoms with Crippen LogP contribution in [0, 0.1) is 41.4 Å². The van der Waals surface area contributed by atoms with E-state index in [1.807, 2.05) is 12.1 Å². The Labute approximate surface area is 188 Å². The van der Waals surface area contributed by atoms with Gasteiger partial charge >= 0.3 is 0 Å². The van der Waals surface area contributed by atoms with E-state index in [9.17, 15) is 14.4 Å². The lowest BCUT2D eigenvalue weighted by atomic mass is 9.48. The Morgan fingerprint density at radius 2 is 1.38 bits per heavy atom. The van der Waals surface area contributed by atoms with Crippen LogP contribution < -0.4 is 5.32 Å². The third kappa shape index (κ3) is 2.66. The predicted octanol–water partition coefficient (Wildman–Crippen LogP) is 3.90. The largest absolute Gasteiger partial charge is 0.325 e. The molecule has 7 aliphatic rings. The molecule has 6 fully saturated rings. The van der Waals surface area contributed by atoms with E-state index >= 15 is 0 Å². The van der Waals surface area contributed by atoms with Gasteiger partial charge in [-0.3, -0.25) is 19.3 Å². The first kappa shape index (κ1) is 19.1. The molecule has 1 heterocycles. The van der Waals surface area contributed by atoms with Crippen LogP contribution in [0.3, 0.4) is 0 Å². The minimum atomic E-state index is -0.297. The van der Waals surface area contributed by atoms with E-state index < -0.39 is 0 Å². The molecule has 0 aromatic heterocycles. The number of carbonyl (C=O) groups excluding carboxylic acids is 3. The van der Waals surface area contributed by atoms with Crippen molar-refractivity contribution in [1.29, 1.82) is 0 Å². The molecule has 6 bridgehead atoms. The molecule has 4 unspecified atom stereocenters. The number of likely N-dealkylation sites (tertiary alicyclic amines) is 1. The monoisotopic (exact) mass is 430 g/mol.